The fourth-order valence-electron chi connectivity index (χ4n) is 0.551. The van der Waals surface area contributed by atoms with Gasteiger partial charge in [-0.1, -0.05) is 0 Å². The van der Waals surface area contributed by atoms with Crippen molar-refractivity contribution >= 4 is 18.2 Å². The number of carboxylic acids is 1. The van der Waals surface area contributed by atoms with E-state index in [0.29, 0.717) is 0 Å². The minimum atomic E-state index is -1.27. The van der Waals surface area contributed by atoms with Crippen molar-refractivity contribution in [3.8, 4) is 5.75 Å². The van der Waals surface area contributed by atoms with Gasteiger partial charge in [0.25, 0.3) is 0 Å². The molecule has 1 aromatic rings. The monoisotopic (exact) mass is 172 g/mol. The number of aromatic nitrogens is 2. The molecule has 1 heterocycles. The van der Waals surface area contributed by atoms with Crippen LogP contribution in [-0.2, 0) is 0 Å². The molecule has 0 aliphatic carbocycles. The summed E-state index contributed by atoms with van der Waals surface area (Å²) >= 11 is 4.54. The predicted octanol–water partition coefficient (Wildman–Crippen LogP) is 0.543. The van der Waals surface area contributed by atoms with Crippen LogP contribution in [0.25, 0.3) is 0 Å². The molecule has 0 spiro atoms. The molecule has 6 heteroatoms. The van der Waals surface area contributed by atoms with Crippen molar-refractivity contribution in [3.05, 3.63) is 16.7 Å². The van der Waals surface area contributed by atoms with Crippen molar-refractivity contribution in [1.29, 1.82) is 0 Å². The summed E-state index contributed by atoms with van der Waals surface area (Å²) in [4.78, 5) is 16.0. The summed E-state index contributed by atoms with van der Waals surface area (Å²) in [5.41, 5.74) is -0.343. The first kappa shape index (κ1) is 7.67. The van der Waals surface area contributed by atoms with Gasteiger partial charge in [0.05, 0.1) is 6.20 Å². The Kier molecular flexibility index (Phi) is 1.86. The van der Waals surface area contributed by atoms with Gasteiger partial charge in [-0.2, -0.15) is 0 Å². The molecule has 0 unspecified atom stereocenters. The zero-order valence-electron chi connectivity index (χ0n) is 5.24. The van der Waals surface area contributed by atoms with Crippen molar-refractivity contribution in [1.82, 2.24) is 9.97 Å². The Hall–Kier alpha value is -1.43. The van der Waals surface area contributed by atoms with E-state index in [1.807, 2.05) is 0 Å². The standard InChI is InChI=1S/C5H4N2O3S/c8-2-1-6-5(11)7-3(2)4(9)10/h1,8H,(H,9,10)(H,6,7,11). The summed E-state index contributed by atoms with van der Waals surface area (Å²) in [5, 5.41) is 17.3. The Labute approximate surface area is 66.3 Å². The smallest absolute Gasteiger partial charge is 0.356 e. The number of aromatic amines is 1. The fourth-order valence-corrected chi connectivity index (χ4v) is 0.705. The Morgan fingerprint density at radius 3 is 2.82 bits per heavy atom. The molecule has 11 heavy (non-hydrogen) atoms. The second kappa shape index (κ2) is 2.67. The zero-order chi connectivity index (χ0) is 8.43. The molecular weight excluding hydrogens is 168 g/mol. The maximum Gasteiger partial charge on any atom is 0.356 e. The van der Waals surface area contributed by atoms with E-state index in [2.05, 4.69) is 22.2 Å². The highest BCUT2D eigenvalue weighted by atomic mass is 32.1. The van der Waals surface area contributed by atoms with E-state index in [1.165, 1.54) is 0 Å². The number of carboxylic acid groups (broad SMARTS) is 1. The molecule has 0 radical (unpaired) electrons. The minimum absolute atomic E-state index is 0.0280. The van der Waals surface area contributed by atoms with Gasteiger partial charge in [0.15, 0.2) is 16.2 Å². The van der Waals surface area contributed by atoms with Crippen LogP contribution < -0.4 is 0 Å². The van der Waals surface area contributed by atoms with E-state index < -0.39 is 11.7 Å². The molecule has 0 aromatic carbocycles. The van der Waals surface area contributed by atoms with E-state index in [-0.39, 0.29) is 10.5 Å². The van der Waals surface area contributed by atoms with Crippen LogP contribution in [0.1, 0.15) is 10.5 Å². The van der Waals surface area contributed by atoms with Crippen LogP contribution in [0.3, 0.4) is 0 Å². The summed E-state index contributed by atoms with van der Waals surface area (Å²) < 4.78 is 0.0280. The molecule has 0 aliphatic heterocycles. The number of nitrogens with one attached hydrogen (secondary N) is 1. The largest absolute Gasteiger partial charge is 0.504 e. The molecule has 0 bridgehead atoms. The molecule has 0 saturated heterocycles. The van der Waals surface area contributed by atoms with Gasteiger partial charge in [0.2, 0.25) is 0 Å². The number of hydrogen-bond donors (Lipinski definition) is 3. The van der Waals surface area contributed by atoms with Gasteiger partial charge < -0.3 is 15.2 Å². The maximum absolute atomic E-state index is 10.3. The molecule has 0 fully saturated rings. The summed E-state index contributed by atoms with van der Waals surface area (Å²) in [6.45, 7) is 0. The van der Waals surface area contributed by atoms with Crippen LogP contribution in [0, 0.1) is 4.77 Å². The number of aromatic carboxylic acids is 1. The van der Waals surface area contributed by atoms with Gasteiger partial charge in [0, 0.05) is 0 Å². The average molecular weight is 172 g/mol. The SMILES string of the molecule is O=C(O)c1[nH]c(=S)ncc1O. The first-order valence-electron chi connectivity index (χ1n) is 2.63. The lowest BCUT2D eigenvalue weighted by molar-refractivity contribution is 0.0686. The quantitative estimate of drug-likeness (QED) is 0.538. The molecule has 3 N–H and O–H groups in total. The van der Waals surface area contributed by atoms with Gasteiger partial charge in [-0.15, -0.1) is 0 Å². The number of hydrogen-bond acceptors (Lipinski definition) is 4. The van der Waals surface area contributed by atoms with Gasteiger partial charge in [-0.25, -0.2) is 9.78 Å². The number of rotatable bonds is 1. The third-order valence-electron chi connectivity index (χ3n) is 1.01. The predicted molar refractivity (Wildman–Crippen MR) is 38.0 cm³/mol. The van der Waals surface area contributed by atoms with Crippen LogP contribution in [0.4, 0.5) is 0 Å². The van der Waals surface area contributed by atoms with Gasteiger partial charge in [-0.05, 0) is 12.2 Å². The van der Waals surface area contributed by atoms with E-state index in [0.717, 1.165) is 6.20 Å². The van der Waals surface area contributed by atoms with Crippen molar-refractivity contribution < 1.29 is 15.0 Å². The number of nitrogens with zero attached hydrogens (tertiary/aromatic N) is 1. The van der Waals surface area contributed by atoms with Crippen molar-refractivity contribution in [3.63, 3.8) is 0 Å². The van der Waals surface area contributed by atoms with Crippen molar-refractivity contribution in [2.45, 2.75) is 0 Å². The minimum Gasteiger partial charge on any atom is -0.504 e. The zero-order valence-corrected chi connectivity index (χ0v) is 6.05. The van der Waals surface area contributed by atoms with Crippen LogP contribution in [0.5, 0.6) is 5.75 Å². The normalized spacial score (nSPS) is 9.45. The van der Waals surface area contributed by atoms with E-state index in [1.54, 1.807) is 0 Å². The van der Waals surface area contributed by atoms with E-state index in [4.69, 9.17) is 10.2 Å². The summed E-state index contributed by atoms with van der Waals surface area (Å²) in [7, 11) is 0. The molecule has 58 valence electrons. The Bertz CT molecular complexity index is 346. The summed E-state index contributed by atoms with van der Waals surface area (Å²) in [5.74, 6) is -1.69. The second-order valence-electron chi connectivity index (χ2n) is 1.75. The molecule has 1 aromatic heterocycles. The molecule has 0 amide bonds. The van der Waals surface area contributed by atoms with Gasteiger partial charge >= 0.3 is 5.97 Å². The first-order valence-corrected chi connectivity index (χ1v) is 3.03. The Morgan fingerprint density at radius 1 is 1.73 bits per heavy atom. The molecule has 5 nitrogen and oxygen atoms in total. The van der Waals surface area contributed by atoms with Crippen molar-refractivity contribution in [2.24, 2.45) is 0 Å². The van der Waals surface area contributed by atoms with Crippen molar-refractivity contribution in [2.75, 3.05) is 0 Å². The first-order chi connectivity index (χ1) is 5.11. The number of H-pyrrole nitrogens is 1. The highest BCUT2D eigenvalue weighted by Gasteiger charge is 2.08. The average Bonchev–Trinajstić information content (AvgIpc) is 1.94. The van der Waals surface area contributed by atoms with E-state index in [9.17, 15) is 4.79 Å². The van der Waals surface area contributed by atoms with Gasteiger partial charge in [0.1, 0.15) is 0 Å². The fraction of sp³-hybridized carbons (Fsp3) is 0. The topological polar surface area (TPSA) is 86.2 Å². The molecule has 0 saturated carbocycles. The lowest BCUT2D eigenvalue weighted by Gasteiger charge is -1.95. The van der Waals surface area contributed by atoms with Crippen LogP contribution in [0.15, 0.2) is 6.20 Å². The maximum atomic E-state index is 10.3. The number of carbonyl (C=O) groups is 1. The van der Waals surface area contributed by atoms with Crippen LogP contribution in [-0.4, -0.2) is 26.2 Å². The van der Waals surface area contributed by atoms with Crippen LogP contribution in [0.2, 0.25) is 0 Å². The Morgan fingerprint density at radius 2 is 2.36 bits per heavy atom. The second-order valence-corrected chi connectivity index (χ2v) is 2.14. The van der Waals surface area contributed by atoms with Gasteiger partial charge in [-0.3, -0.25) is 0 Å². The highest BCUT2D eigenvalue weighted by molar-refractivity contribution is 7.71. The number of aromatic hydroxyl groups is 1. The Balaban J connectivity index is 3.35. The van der Waals surface area contributed by atoms with E-state index >= 15 is 0 Å². The molecule has 0 atom stereocenters. The summed E-state index contributed by atoms with van der Waals surface area (Å²) in [6.07, 6.45) is 0.988. The third kappa shape index (κ3) is 1.53. The highest BCUT2D eigenvalue weighted by Crippen LogP contribution is 2.10. The lowest BCUT2D eigenvalue weighted by Crippen LogP contribution is -2.01. The molecule has 1 rings (SSSR count). The summed E-state index contributed by atoms with van der Waals surface area (Å²) in [6, 6.07) is 0. The van der Waals surface area contributed by atoms with Crippen LogP contribution >= 0.6 is 12.2 Å². The molecular formula is C5H4N2O3S. The third-order valence-corrected chi connectivity index (χ3v) is 1.21. The molecule has 0 aliphatic rings. The lowest BCUT2D eigenvalue weighted by atomic mass is 10.4.